The van der Waals surface area contributed by atoms with E-state index < -0.39 is 41.1 Å². The number of nitrogens with zero attached hydrogens (tertiary/aromatic N) is 1. The summed E-state index contributed by atoms with van der Waals surface area (Å²) in [6.07, 6.45) is -8.55. The van der Waals surface area contributed by atoms with Gasteiger partial charge in [-0.25, -0.2) is 4.39 Å². The number of ether oxygens (including phenoxy) is 2. The molecule has 0 radical (unpaired) electrons. The number of halogens is 5. The molecule has 2 aromatic carbocycles. The van der Waals surface area contributed by atoms with Crippen molar-refractivity contribution in [1.29, 1.82) is 0 Å². The van der Waals surface area contributed by atoms with Gasteiger partial charge < -0.3 is 25.4 Å². The van der Waals surface area contributed by atoms with Crippen molar-refractivity contribution < 1.29 is 41.0 Å². The van der Waals surface area contributed by atoms with Crippen LogP contribution < -0.4 is 25.4 Å². The molecule has 0 spiro atoms. The molecule has 8 nitrogen and oxygen atoms in total. The Kier molecular flexibility index (Phi) is 6.39. The van der Waals surface area contributed by atoms with Gasteiger partial charge in [0.05, 0.1) is 11.3 Å². The molecule has 0 saturated heterocycles. The summed E-state index contributed by atoms with van der Waals surface area (Å²) < 4.78 is 75.9. The molecule has 2 heterocycles. The number of para-hydroxylation sites is 1. The van der Waals surface area contributed by atoms with Crippen LogP contribution in [0.15, 0.2) is 54.7 Å². The van der Waals surface area contributed by atoms with Gasteiger partial charge >= 0.3 is 12.2 Å². The summed E-state index contributed by atoms with van der Waals surface area (Å²) in [7, 11) is 1.47. The van der Waals surface area contributed by atoms with Crippen LogP contribution in [0, 0.1) is 5.82 Å². The lowest BCUT2D eigenvalue weighted by Gasteiger charge is -2.32. The Hall–Kier alpha value is -4.42. The van der Waals surface area contributed by atoms with Crippen molar-refractivity contribution in [2.24, 2.45) is 0 Å². The first kappa shape index (κ1) is 24.7. The van der Waals surface area contributed by atoms with E-state index >= 15 is 0 Å². The van der Waals surface area contributed by atoms with Crippen LogP contribution in [0.2, 0.25) is 0 Å². The molecule has 36 heavy (non-hydrogen) atoms. The Balaban J connectivity index is 1.53. The normalized spacial score (nSPS) is 15.1. The van der Waals surface area contributed by atoms with Crippen molar-refractivity contribution in [3.8, 4) is 11.5 Å². The second kappa shape index (κ2) is 9.32. The first-order valence-corrected chi connectivity index (χ1v) is 10.3. The number of aromatic nitrogens is 1. The zero-order valence-corrected chi connectivity index (χ0v) is 18.4. The summed E-state index contributed by atoms with van der Waals surface area (Å²) >= 11 is 0. The summed E-state index contributed by atoms with van der Waals surface area (Å²) in [5.74, 6) is -4.24. The number of alkyl halides is 4. The molecule has 3 N–H and O–H groups in total. The van der Waals surface area contributed by atoms with Gasteiger partial charge in [0.15, 0.2) is 17.3 Å². The zero-order valence-electron chi connectivity index (χ0n) is 18.4. The van der Waals surface area contributed by atoms with Gasteiger partial charge in [-0.1, -0.05) is 12.1 Å². The highest BCUT2D eigenvalue weighted by Crippen LogP contribution is 2.48. The quantitative estimate of drug-likeness (QED) is 0.427. The van der Waals surface area contributed by atoms with Crippen LogP contribution in [0.1, 0.15) is 26.4 Å². The molecular weight excluding hydrogens is 491 g/mol. The average molecular weight is 508 g/mol. The number of hydrogen-bond donors (Lipinski definition) is 3. The van der Waals surface area contributed by atoms with E-state index in [0.717, 1.165) is 0 Å². The highest BCUT2D eigenvalue weighted by Gasteiger charge is 2.66. The molecule has 3 aromatic rings. The summed E-state index contributed by atoms with van der Waals surface area (Å²) in [6.45, 7) is 0.193. The minimum atomic E-state index is -5.00. The summed E-state index contributed by atoms with van der Waals surface area (Å²) in [6, 6.07) is 10.4. The Morgan fingerprint density at radius 1 is 0.917 bits per heavy atom. The van der Waals surface area contributed by atoms with Crippen molar-refractivity contribution in [1.82, 2.24) is 10.3 Å². The molecule has 188 valence electrons. The first-order valence-electron chi connectivity index (χ1n) is 10.3. The van der Waals surface area contributed by atoms with E-state index in [9.17, 15) is 31.5 Å². The number of pyridine rings is 1. The van der Waals surface area contributed by atoms with E-state index in [1.54, 1.807) is 30.3 Å². The van der Waals surface area contributed by atoms with Gasteiger partial charge in [-0.05, 0) is 29.8 Å². The molecule has 2 amide bonds. The van der Waals surface area contributed by atoms with E-state index in [1.165, 1.54) is 19.3 Å². The van der Waals surface area contributed by atoms with E-state index in [4.69, 9.17) is 0 Å². The zero-order chi connectivity index (χ0) is 26.1. The largest absolute Gasteiger partial charge is 0.507 e. The maximum Gasteiger partial charge on any atom is 0.507 e. The second-order valence-corrected chi connectivity index (χ2v) is 7.50. The molecule has 1 aromatic heterocycles. The molecular formula is C23H17F5N4O4. The van der Waals surface area contributed by atoms with E-state index in [2.05, 4.69) is 30.4 Å². The number of nitrogens with one attached hydrogen (secondary N) is 3. The third-order valence-corrected chi connectivity index (χ3v) is 5.04. The van der Waals surface area contributed by atoms with E-state index in [1.807, 2.05) is 0 Å². The Morgan fingerprint density at radius 3 is 2.28 bits per heavy atom. The Morgan fingerprint density at radius 2 is 1.58 bits per heavy atom. The van der Waals surface area contributed by atoms with Crippen molar-refractivity contribution in [2.75, 3.05) is 17.7 Å². The number of carbonyl (C=O) groups excluding carboxylic acids is 2. The number of benzene rings is 2. The second-order valence-electron chi connectivity index (χ2n) is 7.50. The van der Waals surface area contributed by atoms with Crippen molar-refractivity contribution in [2.45, 2.75) is 18.8 Å². The van der Waals surface area contributed by atoms with Crippen molar-refractivity contribution in [3.05, 3.63) is 77.4 Å². The molecule has 4 rings (SSSR count). The maximum atomic E-state index is 14.5. The fourth-order valence-electron chi connectivity index (χ4n) is 3.24. The molecule has 0 atom stereocenters. The lowest BCUT2D eigenvalue weighted by Crippen LogP contribution is -2.52. The number of hydrogen-bond acceptors (Lipinski definition) is 6. The van der Waals surface area contributed by atoms with Crippen molar-refractivity contribution in [3.63, 3.8) is 0 Å². The Labute approximate surface area is 200 Å². The standard InChI is InChI=1S/C23H17F5N4O4/c1-29-21(34)17-8-12(6-7-30-17)11-31-15-5-3-2-4-13(15)20(33)32-16-10-19-18(9-14(16)24)35-22(25,26)23(27,28)36-19/h2-10,31H,11H2,1H3,(H,29,34)(H,32,33). The number of amides is 2. The number of carbonyl (C=O) groups is 2. The number of fused-ring (bicyclic) bond motifs is 1. The molecule has 0 saturated carbocycles. The van der Waals surface area contributed by atoms with Gasteiger partial charge in [0, 0.05) is 37.6 Å². The van der Waals surface area contributed by atoms with Gasteiger partial charge in [-0.2, -0.15) is 17.6 Å². The third-order valence-electron chi connectivity index (χ3n) is 5.04. The molecule has 1 aliphatic heterocycles. The molecule has 0 fully saturated rings. The smallest absolute Gasteiger partial charge is 0.421 e. The van der Waals surface area contributed by atoms with Crippen LogP contribution in [0.25, 0.3) is 0 Å². The summed E-state index contributed by atoms with van der Waals surface area (Å²) in [4.78, 5) is 28.6. The summed E-state index contributed by atoms with van der Waals surface area (Å²) in [5.41, 5.74) is 0.666. The molecule has 13 heteroatoms. The molecule has 0 bridgehead atoms. The maximum absolute atomic E-state index is 14.5. The van der Waals surface area contributed by atoms with Crippen LogP contribution >= 0.6 is 0 Å². The van der Waals surface area contributed by atoms with E-state index in [-0.39, 0.29) is 23.7 Å². The monoisotopic (exact) mass is 508 g/mol. The number of anilines is 2. The van der Waals surface area contributed by atoms with Gasteiger partial charge in [0.2, 0.25) is 0 Å². The first-order chi connectivity index (χ1) is 17.0. The van der Waals surface area contributed by atoms with Crippen LogP contribution in [0.4, 0.5) is 33.3 Å². The fourth-order valence-corrected chi connectivity index (χ4v) is 3.24. The van der Waals surface area contributed by atoms with Crippen LogP contribution in [-0.2, 0) is 6.54 Å². The van der Waals surface area contributed by atoms with Gasteiger partial charge in [0.25, 0.3) is 11.8 Å². The lowest BCUT2D eigenvalue weighted by molar-refractivity contribution is -0.391. The third kappa shape index (κ3) is 4.85. The molecule has 1 aliphatic rings. The SMILES string of the molecule is CNC(=O)c1cc(CNc2ccccc2C(=O)Nc2cc3c(cc2F)OC(F)(F)C(F)(F)O3)ccn1. The number of rotatable bonds is 6. The van der Waals surface area contributed by atoms with Gasteiger partial charge in [0.1, 0.15) is 5.69 Å². The van der Waals surface area contributed by atoms with Gasteiger partial charge in [-0.3, -0.25) is 14.6 Å². The predicted molar refractivity (Wildman–Crippen MR) is 117 cm³/mol. The highest BCUT2D eigenvalue weighted by atomic mass is 19.3. The molecule has 0 aliphatic carbocycles. The minimum absolute atomic E-state index is 0.0595. The predicted octanol–water partition coefficient (Wildman–Crippen LogP) is 4.40. The lowest BCUT2D eigenvalue weighted by atomic mass is 10.1. The Bertz CT molecular complexity index is 1340. The fraction of sp³-hybridized carbons (Fsp3) is 0.174. The summed E-state index contributed by atoms with van der Waals surface area (Å²) in [5, 5.41) is 7.69. The van der Waals surface area contributed by atoms with Crippen molar-refractivity contribution >= 4 is 23.2 Å². The van der Waals surface area contributed by atoms with Crippen LogP contribution in [0.3, 0.4) is 0 Å². The van der Waals surface area contributed by atoms with Crippen LogP contribution in [0.5, 0.6) is 11.5 Å². The average Bonchev–Trinajstić information content (AvgIpc) is 2.84. The van der Waals surface area contributed by atoms with E-state index in [0.29, 0.717) is 23.4 Å². The minimum Gasteiger partial charge on any atom is -0.421 e. The van der Waals surface area contributed by atoms with Crippen LogP contribution in [-0.4, -0.2) is 36.1 Å². The highest BCUT2D eigenvalue weighted by molar-refractivity contribution is 6.08. The molecule has 0 unspecified atom stereocenters. The topological polar surface area (TPSA) is 102 Å². The van der Waals surface area contributed by atoms with Gasteiger partial charge in [-0.15, -0.1) is 0 Å².